The van der Waals surface area contributed by atoms with E-state index in [1.165, 1.54) is 7.11 Å². The van der Waals surface area contributed by atoms with E-state index in [2.05, 4.69) is 10.1 Å². The zero-order valence-electron chi connectivity index (χ0n) is 11.6. The summed E-state index contributed by atoms with van der Waals surface area (Å²) in [6.45, 7) is 1.11. The monoisotopic (exact) mass is 330 g/mol. The highest BCUT2D eigenvalue weighted by atomic mass is 35.5. The molecule has 0 saturated carbocycles. The fourth-order valence-electron chi connectivity index (χ4n) is 2.27. The molecule has 0 aliphatic carbocycles. The van der Waals surface area contributed by atoms with Crippen molar-refractivity contribution in [1.82, 2.24) is 10.2 Å². The quantitative estimate of drug-likeness (QED) is 0.906. The summed E-state index contributed by atoms with van der Waals surface area (Å²) in [6.07, 6.45) is 1.02. The van der Waals surface area contributed by atoms with Gasteiger partial charge in [0, 0.05) is 24.2 Å². The van der Waals surface area contributed by atoms with Gasteiger partial charge in [0.15, 0.2) is 0 Å². The van der Waals surface area contributed by atoms with Crippen molar-refractivity contribution in [2.45, 2.75) is 18.9 Å². The van der Waals surface area contributed by atoms with Crippen molar-refractivity contribution in [2.75, 3.05) is 20.2 Å². The molecule has 1 aliphatic heterocycles. The Hall–Kier alpha value is -1.46. The second kappa shape index (κ2) is 7.00. The molecule has 0 spiro atoms. The number of benzene rings is 1. The van der Waals surface area contributed by atoms with Gasteiger partial charge in [0.25, 0.3) is 5.91 Å². The number of hydrogen-bond acceptors (Lipinski definition) is 3. The Labute approximate surface area is 133 Å². The van der Waals surface area contributed by atoms with E-state index in [-0.39, 0.29) is 18.0 Å². The number of piperidine rings is 1. The predicted molar refractivity (Wildman–Crippen MR) is 80.9 cm³/mol. The summed E-state index contributed by atoms with van der Waals surface area (Å²) in [5.41, 5.74) is 0.361. The first kappa shape index (κ1) is 15.9. The van der Waals surface area contributed by atoms with Crippen molar-refractivity contribution >= 4 is 35.2 Å². The maximum Gasteiger partial charge on any atom is 0.409 e. The molecule has 1 aliphatic rings. The number of amides is 2. The normalized spacial score (nSPS) is 15.7. The molecule has 5 nitrogen and oxygen atoms in total. The number of methoxy groups -OCH3 is 1. The van der Waals surface area contributed by atoms with E-state index in [9.17, 15) is 9.59 Å². The summed E-state index contributed by atoms with van der Waals surface area (Å²) in [4.78, 5) is 25.2. The fourth-order valence-corrected chi connectivity index (χ4v) is 2.65. The molecule has 1 heterocycles. The number of ether oxygens (including phenoxy) is 1. The van der Waals surface area contributed by atoms with Gasteiger partial charge in [-0.2, -0.15) is 0 Å². The maximum absolute atomic E-state index is 12.2. The Kier molecular flexibility index (Phi) is 5.31. The number of carbonyl (C=O) groups excluding carboxylic acids is 2. The van der Waals surface area contributed by atoms with E-state index in [1.807, 2.05) is 0 Å². The van der Waals surface area contributed by atoms with Crippen molar-refractivity contribution in [2.24, 2.45) is 0 Å². The largest absolute Gasteiger partial charge is 0.453 e. The minimum atomic E-state index is -0.335. The van der Waals surface area contributed by atoms with E-state index in [1.54, 1.807) is 23.1 Å². The number of carbonyl (C=O) groups is 2. The van der Waals surface area contributed by atoms with Crippen LogP contribution in [0.5, 0.6) is 0 Å². The summed E-state index contributed by atoms with van der Waals surface area (Å²) in [6, 6.07) is 4.78. The van der Waals surface area contributed by atoms with Crippen molar-refractivity contribution in [3.63, 3.8) is 0 Å². The molecule has 1 aromatic carbocycles. The summed E-state index contributed by atoms with van der Waals surface area (Å²) in [5.74, 6) is -0.251. The molecule has 2 rings (SSSR count). The van der Waals surface area contributed by atoms with E-state index in [4.69, 9.17) is 23.2 Å². The van der Waals surface area contributed by atoms with Crippen LogP contribution in [0.2, 0.25) is 10.0 Å². The molecule has 0 aromatic heterocycles. The van der Waals surface area contributed by atoms with Crippen molar-refractivity contribution in [3.05, 3.63) is 33.8 Å². The van der Waals surface area contributed by atoms with Gasteiger partial charge in [-0.25, -0.2) is 4.79 Å². The third-order valence-electron chi connectivity index (χ3n) is 3.44. The molecule has 0 bridgehead atoms. The van der Waals surface area contributed by atoms with Crippen LogP contribution in [0.15, 0.2) is 18.2 Å². The SMILES string of the molecule is COC(=O)N1CCC(NC(=O)c2cc(Cl)ccc2Cl)CC1. The highest BCUT2D eigenvalue weighted by Gasteiger charge is 2.25. The Balaban J connectivity index is 1.93. The topological polar surface area (TPSA) is 58.6 Å². The second-order valence-corrected chi connectivity index (χ2v) is 5.67. The van der Waals surface area contributed by atoms with Gasteiger partial charge in [0.1, 0.15) is 0 Å². The lowest BCUT2D eigenvalue weighted by Gasteiger charge is -2.31. The number of nitrogens with one attached hydrogen (secondary N) is 1. The van der Waals surface area contributed by atoms with Gasteiger partial charge >= 0.3 is 6.09 Å². The predicted octanol–water partition coefficient (Wildman–Crippen LogP) is 2.95. The standard InChI is InChI=1S/C14H16Cl2N2O3/c1-21-14(20)18-6-4-10(5-7-18)17-13(19)11-8-9(15)2-3-12(11)16/h2-3,8,10H,4-7H2,1H3,(H,17,19). The Morgan fingerprint density at radius 3 is 2.57 bits per heavy atom. The van der Waals surface area contributed by atoms with Crippen LogP contribution in [-0.4, -0.2) is 43.1 Å². The molecule has 0 unspecified atom stereocenters. The average Bonchev–Trinajstić information content (AvgIpc) is 2.49. The van der Waals surface area contributed by atoms with Crippen LogP contribution < -0.4 is 5.32 Å². The molecule has 1 fully saturated rings. The number of halogens is 2. The summed E-state index contributed by atoms with van der Waals surface area (Å²) < 4.78 is 4.67. The van der Waals surface area contributed by atoms with Crippen LogP contribution in [0.3, 0.4) is 0 Å². The Morgan fingerprint density at radius 2 is 1.95 bits per heavy atom. The second-order valence-electron chi connectivity index (χ2n) is 4.83. The lowest BCUT2D eigenvalue weighted by atomic mass is 10.0. The molecule has 1 aromatic rings. The third kappa shape index (κ3) is 4.02. The lowest BCUT2D eigenvalue weighted by Crippen LogP contribution is -2.46. The van der Waals surface area contributed by atoms with Crippen LogP contribution in [0, 0.1) is 0 Å². The van der Waals surface area contributed by atoms with Crippen molar-refractivity contribution in [1.29, 1.82) is 0 Å². The van der Waals surface area contributed by atoms with Gasteiger partial charge in [-0.05, 0) is 31.0 Å². The Morgan fingerprint density at radius 1 is 1.29 bits per heavy atom. The summed E-state index contributed by atoms with van der Waals surface area (Å²) in [7, 11) is 1.36. The lowest BCUT2D eigenvalue weighted by molar-refractivity contribution is 0.0892. The summed E-state index contributed by atoms with van der Waals surface area (Å²) >= 11 is 11.9. The van der Waals surface area contributed by atoms with E-state index in [0.717, 1.165) is 0 Å². The number of rotatable bonds is 2. The maximum atomic E-state index is 12.2. The van der Waals surface area contributed by atoms with Crippen LogP contribution >= 0.6 is 23.2 Å². The number of nitrogens with zero attached hydrogens (tertiary/aromatic N) is 1. The van der Waals surface area contributed by atoms with Crippen LogP contribution in [0.25, 0.3) is 0 Å². The van der Waals surface area contributed by atoms with E-state index in [0.29, 0.717) is 41.5 Å². The molecule has 21 heavy (non-hydrogen) atoms. The smallest absolute Gasteiger partial charge is 0.409 e. The van der Waals surface area contributed by atoms with Crippen LogP contribution in [-0.2, 0) is 4.74 Å². The van der Waals surface area contributed by atoms with Gasteiger partial charge in [-0.15, -0.1) is 0 Å². The fraction of sp³-hybridized carbons (Fsp3) is 0.429. The first-order valence-corrected chi connectivity index (χ1v) is 7.35. The molecule has 1 N–H and O–H groups in total. The minimum absolute atomic E-state index is 0.00783. The van der Waals surface area contributed by atoms with E-state index < -0.39 is 0 Å². The molecular weight excluding hydrogens is 315 g/mol. The number of likely N-dealkylation sites (tertiary alicyclic amines) is 1. The molecule has 114 valence electrons. The highest BCUT2D eigenvalue weighted by Crippen LogP contribution is 2.21. The molecule has 0 atom stereocenters. The van der Waals surface area contributed by atoms with Gasteiger partial charge in [0.2, 0.25) is 0 Å². The molecular formula is C14H16Cl2N2O3. The minimum Gasteiger partial charge on any atom is -0.453 e. The average molecular weight is 331 g/mol. The summed E-state index contributed by atoms with van der Waals surface area (Å²) in [5, 5.41) is 3.75. The third-order valence-corrected chi connectivity index (χ3v) is 4.00. The van der Waals surface area contributed by atoms with Crippen molar-refractivity contribution < 1.29 is 14.3 Å². The zero-order chi connectivity index (χ0) is 15.4. The first-order chi connectivity index (χ1) is 10.0. The molecule has 0 radical (unpaired) electrons. The van der Waals surface area contributed by atoms with Gasteiger partial charge in [-0.1, -0.05) is 23.2 Å². The van der Waals surface area contributed by atoms with Crippen LogP contribution in [0.1, 0.15) is 23.2 Å². The van der Waals surface area contributed by atoms with E-state index >= 15 is 0 Å². The number of hydrogen-bond donors (Lipinski definition) is 1. The highest BCUT2D eigenvalue weighted by molar-refractivity contribution is 6.35. The molecule has 1 saturated heterocycles. The van der Waals surface area contributed by atoms with Gasteiger partial charge in [0.05, 0.1) is 17.7 Å². The first-order valence-electron chi connectivity index (χ1n) is 6.60. The van der Waals surface area contributed by atoms with Gasteiger partial charge in [-0.3, -0.25) is 4.79 Å². The molecule has 2 amide bonds. The Bertz CT molecular complexity index is 543. The molecule has 7 heteroatoms. The van der Waals surface area contributed by atoms with Gasteiger partial charge < -0.3 is 15.0 Å². The zero-order valence-corrected chi connectivity index (χ0v) is 13.1. The van der Waals surface area contributed by atoms with Crippen molar-refractivity contribution in [3.8, 4) is 0 Å². The van der Waals surface area contributed by atoms with Crippen LogP contribution in [0.4, 0.5) is 4.79 Å².